The fourth-order valence-electron chi connectivity index (χ4n) is 0.694. The summed E-state index contributed by atoms with van der Waals surface area (Å²) in [7, 11) is 1.66. The van der Waals surface area contributed by atoms with Crippen LogP contribution in [0.4, 0.5) is 5.82 Å². The topological polar surface area (TPSA) is 61.0 Å². The minimum absolute atomic E-state index is 0.474. The van der Waals surface area contributed by atoms with Crippen LogP contribution >= 0.6 is 27.7 Å². The van der Waals surface area contributed by atoms with Crippen LogP contribution in [0.25, 0.3) is 0 Å². The van der Waals surface area contributed by atoms with Gasteiger partial charge in [0, 0.05) is 18.9 Å². The highest BCUT2D eigenvalue weighted by Crippen LogP contribution is 2.17. The Morgan fingerprint density at radius 1 is 1.62 bits per heavy atom. The molecule has 0 aliphatic rings. The van der Waals surface area contributed by atoms with Crippen LogP contribution in [0.3, 0.4) is 0 Å². The highest BCUT2D eigenvalue weighted by atomic mass is 79.9. The second-order valence-corrected chi connectivity index (χ2v) is 4.11. The lowest BCUT2D eigenvalue weighted by Gasteiger charge is -2.00. The van der Waals surface area contributed by atoms with Crippen molar-refractivity contribution >= 4 is 33.5 Å². The van der Waals surface area contributed by atoms with E-state index >= 15 is 0 Å². The lowest BCUT2D eigenvalue weighted by molar-refractivity contribution is 0.218. The Kier molecular flexibility index (Phi) is 4.47. The molecule has 0 spiro atoms. The van der Waals surface area contributed by atoms with Crippen LogP contribution in [0.1, 0.15) is 0 Å². The van der Waals surface area contributed by atoms with Gasteiger partial charge in [-0.15, -0.1) is 0 Å². The van der Waals surface area contributed by atoms with Gasteiger partial charge < -0.3 is 10.5 Å². The van der Waals surface area contributed by atoms with Crippen molar-refractivity contribution in [3.63, 3.8) is 0 Å². The highest BCUT2D eigenvalue weighted by Gasteiger charge is 2.00. The first-order chi connectivity index (χ1) is 6.22. The van der Waals surface area contributed by atoms with Crippen molar-refractivity contribution in [1.29, 1.82) is 0 Å². The standard InChI is InChI=1S/C7H10BrN3OS/c1-12-2-3-13-7-10-5(8)4-6(9)11-7/h4H,2-3H2,1H3,(H2,9,10,11). The average molecular weight is 264 g/mol. The van der Waals surface area contributed by atoms with Crippen LogP contribution in [0, 0.1) is 0 Å². The first-order valence-corrected chi connectivity index (χ1v) is 5.42. The Hall–Kier alpha value is -0.330. The number of nitrogens with two attached hydrogens (primary N) is 1. The number of rotatable bonds is 4. The molecule has 0 atom stereocenters. The molecule has 0 unspecified atom stereocenters. The summed E-state index contributed by atoms with van der Waals surface area (Å²) in [5, 5.41) is 0.670. The molecule has 0 saturated carbocycles. The third-order valence-electron chi connectivity index (χ3n) is 1.21. The van der Waals surface area contributed by atoms with E-state index in [2.05, 4.69) is 25.9 Å². The molecule has 6 heteroatoms. The molecule has 0 radical (unpaired) electrons. The lowest BCUT2D eigenvalue weighted by Crippen LogP contribution is -1.97. The Labute approximate surface area is 89.4 Å². The number of thioether (sulfide) groups is 1. The van der Waals surface area contributed by atoms with Gasteiger partial charge in [0.15, 0.2) is 5.16 Å². The molecule has 72 valence electrons. The fraction of sp³-hybridized carbons (Fsp3) is 0.429. The van der Waals surface area contributed by atoms with Gasteiger partial charge in [-0.1, -0.05) is 11.8 Å². The second kappa shape index (κ2) is 5.41. The van der Waals surface area contributed by atoms with E-state index in [4.69, 9.17) is 10.5 Å². The minimum Gasteiger partial charge on any atom is -0.384 e. The first kappa shape index (κ1) is 10.7. The third kappa shape index (κ3) is 3.93. The van der Waals surface area contributed by atoms with Crippen molar-refractivity contribution < 1.29 is 4.74 Å². The molecule has 2 N–H and O–H groups in total. The molecule has 1 rings (SSSR count). The summed E-state index contributed by atoms with van der Waals surface area (Å²) in [5.41, 5.74) is 5.54. The molecule has 0 fully saturated rings. The maximum absolute atomic E-state index is 5.54. The largest absolute Gasteiger partial charge is 0.384 e. The lowest BCUT2D eigenvalue weighted by atomic mass is 10.6. The van der Waals surface area contributed by atoms with E-state index in [0.29, 0.717) is 22.2 Å². The summed E-state index contributed by atoms with van der Waals surface area (Å²) in [6.45, 7) is 0.681. The van der Waals surface area contributed by atoms with E-state index in [0.717, 1.165) is 5.75 Å². The van der Waals surface area contributed by atoms with Gasteiger partial charge in [-0.3, -0.25) is 0 Å². The highest BCUT2D eigenvalue weighted by molar-refractivity contribution is 9.10. The predicted molar refractivity (Wildman–Crippen MR) is 56.7 cm³/mol. The molecule has 1 heterocycles. The third-order valence-corrected chi connectivity index (χ3v) is 2.43. The van der Waals surface area contributed by atoms with Crippen molar-refractivity contribution in [2.75, 3.05) is 25.2 Å². The minimum atomic E-state index is 0.474. The van der Waals surface area contributed by atoms with Crippen LogP contribution < -0.4 is 5.73 Å². The summed E-state index contributed by atoms with van der Waals surface area (Å²) in [6.07, 6.45) is 0. The Bertz CT molecular complexity index is 264. The van der Waals surface area contributed by atoms with Crippen molar-refractivity contribution in [3.8, 4) is 0 Å². The molecular weight excluding hydrogens is 254 g/mol. The van der Waals surface area contributed by atoms with E-state index in [9.17, 15) is 0 Å². The summed E-state index contributed by atoms with van der Waals surface area (Å²) >= 11 is 4.76. The summed E-state index contributed by atoms with van der Waals surface area (Å²) in [4.78, 5) is 8.19. The molecule has 4 nitrogen and oxygen atoms in total. The number of nitrogen functional groups attached to an aromatic ring is 1. The number of methoxy groups -OCH3 is 1. The van der Waals surface area contributed by atoms with Crippen molar-refractivity contribution in [1.82, 2.24) is 9.97 Å². The SMILES string of the molecule is COCCSc1nc(N)cc(Br)n1. The number of hydrogen-bond donors (Lipinski definition) is 1. The Morgan fingerprint density at radius 2 is 2.38 bits per heavy atom. The molecule has 0 aliphatic carbocycles. The molecule has 0 amide bonds. The van der Waals surface area contributed by atoms with Gasteiger partial charge in [0.25, 0.3) is 0 Å². The summed E-state index contributed by atoms with van der Waals surface area (Å²) < 4.78 is 5.61. The fourth-order valence-corrected chi connectivity index (χ4v) is 1.98. The van der Waals surface area contributed by atoms with Crippen molar-refractivity contribution in [3.05, 3.63) is 10.7 Å². The second-order valence-electron chi connectivity index (χ2n) is 2.24. The van der Waals surface area contributed by atoms with Crippen LogP contribution in [0.15, 0.2) is 15.8 Å². The number of aromatic nitrogens is 2. The van der Waals surface area contributed by atoms with Gasteiger partial charge in [-0.2, -0.15) is 0 Å². The molecular formula is C7H10BrN3OS. The monoisotopic (exact) mass is 263 g/mol. The quantitative estimate of drug-likeness (QED) is 0.387. The number of halogens is 1. The molecule has 0 aromatic carbocycles. The van der Waals surface area contributed by atoms with Crippen molar-refractivity contribution in [2.45, 2.75) is 5.16 Å². The number of ether oxygens (including phenoxy) is 1. The van der Waals surface area contributed by atoms with Crippen LogP contribution in [0.5, 0.6) is 0 Å². The Morgan fingerprint density at radius 3 is 3.00 bits per heavy atom. The Balaban J connectivity index is 2.56. The number of nitrogens with zero attached hydrogens (tertiary/aromatic N) is 2. The van der Waals surface area contributed by atoms with Crippen LogP contribution in [0.2, 0.25) is 0 Å². The molecule has 13 heavy (non-hydrogen) atoms. The zero-order valence-electron chi connectivity index (χ0n) is 7.16. The molecule has 1 aromatic heterocycles. The van der Waals surface area contributed by atoms with Crippen LogP contribution in [-0.2, 0) is 4.74 Å². The number of hydrogen-bond acceptors (Lipinski definition) is 5. The smallest absolute Gasteiger partial charge is 0.190 e. The van der Waals surface area contributed by atoms with Gasteiger partial charge in [0.1, 0.15) is 10.4 Å². The zero-order chi connectivity index (χ0) is 9.68. The van der Waals surface area contributed by atoms with E-state index in [-0.39, 0.29) is 0 Å². The predicted octanol–water partition coefficient (Wildman–Crippen LogP) is 1.56. The van der Waals surface area contributed by atoms with E-state index in [1.807, 2.05) is 0 Å². The summed E-state index contributed by atoms with van der Waals surface area (Å²) in [5.74, 6) is 1.30. The summed E-state index contributed by atoms with van der Waals surface area (Å²) in [6, 6.07) is 1.67. The van der Waals surface area contributed by atoms with Gasteiger partial charge >= 0.3 is 0 Å². The van der Waals surface area contributed by atoms with Crippen LogP contribution in [-0.4, -0.2) is 29.4 Å². The number of anilines is 1. The van der Waals surface area contributed by atoms with E-state index < -0.39 is 0 Å². The van der Waals surface area contributed by atoms with Crippen molar-refractivity contribution in [2.24, 2.45) is 0 Å². The van der Waals surface area contributed by atoms with Gasteiger partial charge in [-0.05, 0) is 15.9 Å². The van der Waals surface area contributed by atoms with Gasteiger partial charge in [0.05, 0.1) is 6.61 Å². The van der Waals surface area contributed by atoms with E-state index in [1.165, 1.54) is 11.8 Å². The molecule has 1 aromatic rings. The maximum Gasteiger partial charge on any atom is 0.190 e. The van der Waals surface area contributed by atoms with E-state index in [1.54, 1.807) is 13.2 Å². The maximum atomic E-state index is 5.54. The van der Waals surface area contributed by atoms with Gasteiger partial charge in [0.2, 0.25) is 0 Å². The average Bonchev–Trinajstić information content (AvgIpc) is 2.03. The molecule has 0 saturated heterocycles. The normalized spacial score (nSPS) is 10.3. The molecule has 0 bridgehead atoms. The first-order valence-electron chi connectivity index (χ1n) is 3.64. The van der Waals surface area contributed by atoms with Gasteiger partial charge in [-0.25, -0.2) is 9.97 Å². The molecule has 0 aliphatic heterocycles. The zero-order valence-corrected chi connectivity index (χ0v) is 9.56.